The topological polar surface area (TPSA) is 104 Å². The van der Waals surface area contributed by atoms with E-state index in [-0.39, 0.29) is 10.4 Å². The van der Waals surface area contributed by atoms with Crippen molar-refractivity contribution in [3.63, 3.8) is 0 Å². The van der Waals surface area contributed by atoms with Gasteiger partial charge in [0.2, 0.25) is 0 Å². The van der Waals surface area contributed by atoms with E-state index < -0.39 is 24.2 Å². The van der Waals surface area contributed by atoms with E-state index in [1.807, 2.05) is 45.0 Å². The maximum atomic E-state index is 13.8. The van der Waals surface area contributed by atoms with Crippen molar-refractivity contribution < 1.29 is 9.35 Å². The van der Waals surface area contributed by atoms with Crippen molar-refractivity contribution in [3.8, 4) is 11.1 Å². The molecule has 1 unspecified atom stereocenters. The predicted octanol–water partition coefficient (Wildman–Crippen LogP) is 7.31. The molecule has 204 valence electrons. The second kappa shape index (κ2) is 11.7. The van der Waals surface area contributed by atoms with Crippen LogP contribution in [-0.4, -0.2) is 32.7 Å². The first-order chi connectivity index (χ1) is 17.5. The molecule has 0 saturated heterocycles. The summed E-state index contributed by atoms with van der Waals surface area (Å²) in [5.74, 6) is 0.410. The molecule has 3 aromatic rings. The van der Waals surface area contributed by atoms with Crippen molar-refractivity contribution in [2.45, 2.75) is 80.9 Å². The number of nitrogens with zero attached hydrogens (tertiary/aromatic N) is 2. The fraction of sp³-hybridized carbons (Fsp3) is 0.393. The average Bonchev–Trinajstić information content (AvgIpc) is 2.82. The Balaban J connectivity index is 2.09. The third-order valence-corrected chi connectivity index (χ3v) is 15.1. The molecule has 0 aliphatic carbocycles. The Hall–Kier alpha value is -1.88. The van der Waals surface area contributed by atoms with E-state index in [1.54, 1.807) is 24.5 Å². The van der Waals surface area contributed by atoms with Gasteiger partial charge < -0.3 is 10.3 Å². The number of pyridine rings is 2. The van der Waals surface area contributed by atoms with Crippen LogP contribution in [0.3, 0.4) is 0 Å². The van der Waals surface area contributed by atoms with E-state index in [0.717, 1.165) is 21.6 Å². The van der Waals surface area contributed by atoms with Crippen LogP contribution in [0, 0.1) is 0 Å². The molecule has 2 aromatic heterocycles. The summed E-state index contributed by atoms with van der Waals surface area (Å²) in [6.07, 6.45) is 3.35. The molecule has 0 radical (unpaired) electrons. The van der Waals surface area contributed by atoms with Crippen molar-refractivity contribution in [3.05, 3.63) is 64.9 Å². The third kappa shape index (κ3) is 7.00. The number of anilines is 1. The van der Waals surface area contributed by atoms with Gasteiger partial charge in [-0.15, -0.1) is 4.72 Å². The molecule has 0 fully saturated rings. The first-order valence-electron chi connectivity index (χ1n) is 12.4. The molecule has 1 atom stereocenters. The number of nitrogens with one attached hydrogen (secondary N) is 1. The number of rotatable bonds is 8. The summed E-state index contributed by atoms with van der Waals surface area (Å²) >= 11 is 6.99. The average molecular weight is 589 g/mol. The molecule has 0 aliphatic rings. The lowest BCUT2D eigenvalue weighted by atomic mass is 10.0. The Kier molecular flexibility index (Phi) is 9.44. The molecule has 0 bridgehead atoms. The van der Waals surface area contributed by atoms with E-state index >= 15 is 0 Å². The second-order valence-electron chi connectivity index (χ2n) is 11.8. The molecule has 0 saturated carbocycles. The van der Waals surface area contributed by atoms with Crippen molar-refractivity contribution in [1.82, 2.24) is 14.7 Å². The van der Waals surface area contributed by atoms with E-state index in [0.29, 0.717) is 28.0 Å². The van der Waals surface area contributed by atoms with Crippen LogP contribution in [-0.2, 0) is 17.9 Å². The zero-order valence-electron chi connectivity index (χ0n) is 23.3. The Morgan fingerprint density at radius 1 is 1.08 bits per heavy atom. The molecule has 6 nitrogen and oxygen atoms in total. The number of nitrogens with two attached hydrogens (primary N) is 1. The molecule has 10 heteroatoms. The molecular weight excluding hydrogens is 552 g/mol. The smallest absolute Gasteiger partial charge is 0.143 e. The van der Waals surface area contributed by atoms with Crippen LogP contribution >= 0.6 is 23.4 Å². The van der Waals surface area contributed by atoms with Crippen molar-refractivity contribution >= 4 is 54.0 Å². The Morgan fingerprint density at radius 2 is 1.76 bits per heavy atom. The molecule has 2 heterocycles. The maximum Gasteiger partial charge on any atom is 0.143 e. The lowest BCUT2D eigenvalue weighted by Crippen LogP contribution is -2.46. The largest absolute Gasteiger partial charge is 0.598 e. The van der Waals surface area contributed by atoms with Crippen molar-refractivity contribution in [2.24, 2.45) is 0 Å². The predicted molar refractivity (Wildman–Crippen MR) is 164 cm³/mol. The first kappa shape index (κ1) is 30.7. The highest BCUT2D eigenvalue weighted by atomic mass is 35.5. The van der Waals surface area contributed by atoms with E-state index in [2.05, 4.69) is 48.6 Å². The minimum Gasteiger partial charge on any atom is -0.598 e. The number of benzene rings is 1. The second-order valence-corrected chi connectivity index (χ2v) is 20.4. The number of aromatic nitrogens is 2. The van der Waals surface area contributed by atoms with Gasteiger partial charge in [0.1, 0.15) is 29.1 Å². The van der Waals surface area contributed by atoms with E-state index in [4.69, 9.17) is 17.3 Å². The Bertz CT molecular complexity index is 1320. The minimum absolute atomic E-state index is 0.111. The third-order valence-electron chi connectivity index (χ3n) is 6.84. The number of hydrogen-bond donors (Lipinski definition) is 2. The van der Waals surface area contributed by atoms with E-state index in [1.165, 1.54) is 11.8 Å². The van der Waals surface area contributed by atoms with Crippen LogP contribution in [0.25, 0.3) is 11.1 Å². The highest BCUT2D eigenvalue weighted by Gasteiger charge is 2.43. The molecule has 3 rings (SSSR count). The van der Waals surface area contributed by atoms with Crippen LogP contribution in [0.4, 0.5) is 5.82 Å². The number of nitrogen functional groups attached to an aromatic ring is 1. The van der Waals surface area contributed by atoms with Gasteiger partial charge >= 0.3 is 0 Å². The molecule has 0 spiro atoms. The summed E-state index contributed by atoms with van der Waals surface area (Å²) in [5, 5.41) is 1.18. The summed E-state index contributed by atoms with van der Waals surface area (Å²) in [7, 11) is -2.33. The van der Waals surface area contributed by atoms with Gasteiger partial charge in [0, 0.05) is 34.2 Å². The van der Waals surface area contributed by atoms with Gasteiger partial charge in [-0.3, -0.25) is 4.79 Å². The van der Waals surface area contributed by atoms with Crippen LogP contribution in [0.5, 0.6) is 0 Å². The van der Waals surface area contributed by atoms with Crippen LogP contribution in [0.15, 0.2) is 58.7 Å². The lowest BCUT2D eigenvalue weighted by molar-refractivity contribution is 0.106. The molecule has 38 heavy (non-hydrogen) atoms. The van der Waals surface area contributed by atoms with Gasteiger partial charge in [-0.25, -0.2) is 9.97 Å². The lowest BCUT2D eigenvalue weighted by Gasteiger charge is -2.35. The number of carbonyl (C=O) groups is 1. The summed E-state index contributed by atoms with van der Waals surface area (Å²) in [5.41, 5.74) is 9.13. The summed E-state index contributed by atoms with van der Waals surface area (Å²) < 4.78 is 15.5. The molecule has 3 N–H and O–H groups in total. The first-order valence-corrected chi connectivity index (χ1v) is 17.7. The standard InChI is InChI=1S/C28H37ClN4O2S2Si/c1-27(2,3)37(35)33-17-20-14-19(18-11-13-31-23(30)16-18)15-22(29)24(20)36-25-21(10-9-12-32-25)26(34)38(7,8)28(4,5)6/h9-16,33H,17H2,1-8H3,(H2,30,31). The SMILES string of the molecule is CC(C)(C)[S+]([O-])NCc1cc(-c2ccnc(N)c2)cc(Cl)c1Sc1ncccc1C(=O)[Si](C)(C)C(C)(C)C. The van der Waals surface area contributed by atoms with Gasteiger partial charge in [0.05, 0.1) is 11.6 Å². The normalized spacial score (nSPS) is 13.4. The van der Waals surface area contributed by atoms with Gasteiger partial charge in [0.15, 0.2) is 0 Å². The fourth-order valence-corrected chi connectivity index (χ4v) is 7.19. The molecule has 1 aromatic carbocycles. The fourth-order valence-electron chi connectivity index (χ4n) is 3.47. The minimum atomic E-state index is -2.33. The molecular formula is C28H37ClN4O2S2Si. The summed E-state index contributed by atoms with van der Waals surface area (Å²) in [6.45, 7) is 16.7. The molecule has 0 aliphatic heterocycles. The number of hydrogen-bond acceptors (Lipinski definition) is 7. The summed E-state index contributed by atoms with van der Waals surface area (Å²) in [6, 6.07) is 11.2. The zero-order valence-corrected chi connectivity index (χ0v) is 26.7. The maximum absolute atomic E-state index is 13.8. The van der Waals surface area contributed by atoms with Crippen LogP contribution in [0.1, 0.15) is 57.5 Å². The Morgan fingerprint density at radius 3 is 2.37 bits per heavy atom. The molecule has 0 amide bonds. The van der Waals surface area contributed by atoms with Crippen molar-refractivity contribution in [2.75, 3.05) is 5.73 Å². The monoisotopic (exact) mass is 588 g/mol. The summed E-state index contributed by atoms with van der Waals surface area (Å²) in [4.78, 5) is 23.2. The zero-order chi connectivity index (χ0) is 28.5. The Labute approximate surface area is 239 Å². The van der Waals surface area contributed by atoms with Crippen LogP contribution in [0.2, 0.25) is 23.2 Å². The van der Waals surface area contributed by atoms with E-state index in [9.17, 15) is 9.35 Å². The quantitative estimate of drug-likeness (QED) is 0.210. The van der Waals surface area contributed by atoms with Gasteiger partial charge in [-0.2, -0.15) is 0 Å². The highest BCUT2D eigenvalue weighted by Crippen LogP contribution is 2.43. The van der Waals surface area contributed by atoms with Gasteiger partial charge in [-0.05, 0) is 78.9 Å². The van der Waals surface area contributed by atoms with Gasteiger partial charge in [-0.1, -0.05) is 57.2 Å². The van der Waals surface area contributed by atoms with Crippen molar-refractivity contribution in [1.29, 1.82) is 0 Å². The number of halogens is 1. The number of carbonyl (C=O) groups excluding carboxylic acids is 1. The van der Waals surface area contributed by atoms with Crippen LogP contribution < -0.4 is 10.5 Å². The highest BCUT2D eigenvalue weighted by molar-refractivity contribution is 7.99. The van der Waals surface area contributed by atoms with Gasteiger partial charge in [0.25, 0.3) is 0 Å².